The van der Waals surface area contributed by atoms with Gasteiger partial charge in [0, 0.05) is 17.3 Å². The summed E-state index contributed by atoms with van der Waals surface area (Å²) >= 11 is 0. The zero-order valence-electron chi connectivity index (χ0n) is 18.9. The fraction of sp³-hybridized carbons (Fsp3) is 0.0400. The number of carbonyl (C=O) groups is 1. The number of carbonyl (C=O) groups excluding carboxylic acids is 1. The van der Waals surface area contributed by atoms with E-state index < -0.39 is 12.4 Å². The van der Waals surface area contributed by atoms with E-state index in [0.717, 1.165) is 5.69 Å². The first-order valence-corrected chi connectivity index (χ1v) is 10.9. The van der Waals surface area contributed by atoms with E-state index in [-0.39, 0.29) is 5.75 Å². The Morgan fingerprint density at radius 1 is 0.838 bits per heavy atom. The smallest absolute Gasteiger partial charge is 0.406 e. The molecule has 5 rings (SSSR count). The second kappa shape index (κ2) is 9.85. The van der Waals surface area contributed by atoms with Gasteiger partial charge in [-0.05, 0) is 60.7 Å². The van der Waals surface area contributed by atoms with E-state index in [2.05, 4.69) is 30.6 Å². The Labute approximate surface area is 208 Å². The predicted molar refractivity (Wildman–Crippen MR) is 130 cm³/mol. The molecule has 0 saturated carbocycles. The summed E-state index contributed by atoms with van der Waals surface area (Å²) in [7, 11) is 0. The van der Waals surface area contributed by atoms with Gasteiger partial charge in [0.15, 0.2) is 5.82 Å². The lowest BCUT2D eigenvalue weighted by Crippen LogP contribution is -2.21. The van der Waals surface area contributed by atoms with Crippen molar-refractivity contribution in [2.75, 3.05) is 10.6 Å². The molecule has 0 aliphatic rings. The Balaban J connectivity index is 1.22. The lowest BCUT2D eigenvalue weighted by atomic mass is 10.2. The number of aromatic nitrogens is 5. The van der Waals surface area contributed by atoms with Gasteiger partial charge in [-0.1, -0.05) is 18.2 Å². The molecular weight excluding hydrogens is 487 g/mol. The van der Waals surface area contributed by atoms with E-state index in [1.165, 1.54) is 35.3 Å². The average Bonchev–Trinajstić information content (AvgIpc) is 3.55. The number of ether oxygens (including phenoxy) is 1. The van der Waals surface area contributed by atoms with Gasteiger partial charge < -0.3 is 10.1 Å². The summed E-state index contributed by atoms with van der Waals surface area (Å²) in [4.78, 5) is 16.8. The van der Waals surface area contributed by atoms with Gasteiger partial charge in [0.2, 0.25) is 0 Å². The van der Waals surface area contributed by atoms with Gasteiger partial charge in [-0.25, -0.2) is 19.1 Å². The number of urea groups is 1. The Morgan fingerprint density at radius 2 is 1.57 bits per heavy atom. The van der Waals surface area contributed by atoms with Crippen LogP contribution in [0.15, 0.2) is 97.5 Å². The number of rotatable bonds is 6. The molecule has 0 unspecified atom stereocenters. The van der Waals surface area contributed by atoms with Crippen LogP contribution in [0.4, 0.5) is 29.5 Å². The van der Waals surface area contributed by atoms with Crippen molar-refractivity contribution in [3.8, 4) is 28.5 Å². The Bertz CT molecular complexity index is 1500. The molecule has 0 saturated heterocycles. The highest BCUT2D eigenvalue weighted by atomic mass is 19.4. The molecule has 0 aliphatic heterocycles. The van der Waals surface area contributed by atoms with Crippen molar-refractivity contribution in [3.05, 3.63) is 97.5 Å². The molecule has 2 amide bonds. The molecule has 2 heterocycles. The molecule has 0 fully saturated rings. The van der Waals surface area contributed by atoms with Crippen LogP contribution in [0, 0.1) is 0 Å². The summed E-state index contributed by atoms with van der Waals surface area (Å²) in [5.74, 6) is 0.583. The third kappa shape index (κ3) is 5.75. The third-order valence-corrected chi connectivity index (χ3v) is 5.11. The molecular formula is C25H18F3N7O2. The van der Waals surface area contributed by atoms with Crippen LogP contribution >= 0.6 is 0 Å². The van der Waals surface area contributed by atoms with Crippen molar-refractivity contribution in [3.63, 3.8) is 0 Å². The van der Waals surface area contributed by atoms with Crippen LogP contribution in [-0.4, -0.2) is 36.9 Å². The lowest BCUT2D eigenvalue weighted by Gasteiger charge is -2.10. The number of para-hydroxylation sites is 1. The summed E-state index contributed by atoms with van der Waals surface area (Å²) in [6, 6.07) is 22.8. The van der Waals surface area contributed by atoms with E-state index in [1.54, 1.807) is 41.2 Å². The summed E-state index contributed by atoms with van der Waals surface area (Å²) < 4.78 is 43.9. The lowest BCUT2D eigenvalue weighted by molar-refractivity contribution is -0.274. The van der Waals surface area contributed by atoms with Crippen LogP contribution in [0.5, 0.6) is 5.75 Å². The summed E-state index contributed by atoms with van der Waals surface area (Å²) in [5.41, 5.74) is 2.55. The Morgan fingerprint density at radius 3 is 2.27 bits per heavy atom. The predicted octanol–water partition coefficient (Wildman–Crippen LogP) is 5.66. The molecule has 12 heteroatoms. The van der Waals surface area contributed by atoms with E-state index in [0.29, 0.717) is 28.6 Å². The Kier molecular flexibility index (Phi) is 6.29. The minimum atomic E-state index is -4.76. The van der Waals surface area contributed by atoms with Gasteiger partial charge in [0.05, 0.1) is 17.6 Å². The fourth-order valence-electron chi connectivity index (χ4n) is 3.47. The van der Waals surface area contributed by atoms with Crippen molar-refractivity contribution in [1.29, 1.82) is 0 Å². The first kappa shape index (κ1) is 23.6. The molecule has 0 radical (unpaired) electrons. The van der Waals surface area contributed by atoms with Gasteiger partial charge in [-0.2, -0.15) is 5.10 Å². The van der Waals surface area contributed by atoms with Gasteiger partial charge in [-0.15, -0.1) is 18.3 Å². The SMILES string of the molecule is O=C(Nc1ccc(-c2ncn(-c3ccc(OC(F)(F)F)cc3)n2)cc1)Nc1ccnn1-c1ccccc1. The van der Waals surface area contributed by atoms with Gasteiger partial charge in [0.1, 0.15) is 17.9 Å². The number of alkyl halides is 3. The number of amides is 2. The number of anilines is 2. The number of halogens is 3. The molecule has 37 heavy (non-hydrogen) atoms. The normalized spacial score (nSPS) is 11.2. The first-order chi connectivity index (χ1) is 17.8. The van der Waals surface area contributed by atoms with Crippen LogP contribution in [-0.2, 0) is 0 Å². The van der Waals surface area contributed by atoms with Crippen LogP contribution in [0.25, 0.3) is 22.8 Å². The minimum absolute atomic E-state index is 0.326. The maximum absolute atomic E-state index is 12.5. The largest absolute Gasteiger partial charge is 0.573 e. The highest BCUT2D eigenvalue weighted by molar-refractivity contribution is 5.99. The van der Waals surface area contributed by atoms with Crippen molar-refractivity contribution >= 4 is 17.5 Å². The fourth-order valence-corrected chi connectivity index (χ4v) is 3.47. The molecule has 0 spiro atoms. The third-order valence-electron chi connectivity index (χ3n) is 5.11. The van der Waals surface area contributed by atoms with Gasteiger partial charge in [-0.3, -0.25) is 5.32 Å². The van der Waals surface area contributed by atoms with E-state index in [1.807, 2.05) is 30.3 Å². The van der Waals surface area contributed by atoms with Gasteiger partial charge >= 0.3 is 12.4 Å². The van der Waals surface area contributed by atoms with Crippen molar-refractivity contribution in [1.82, 2.24) is 24.5 Å². The molecule has 0 bridgehead atoms. The van der Waals surface area contributed by atoms with Gasteiger partial charge in [0.25, 0.3) is 0 Å². The summed E-state index contributed by atoms with van der Waals surface area (Å²) in [5, 5.41) is 14.1. The molecule has 186 valence electrons. The van der Waals surface area contributed by atoms with Crippen LogP contribution in [0.1, 0.15) is 0 Å². The van der Waals surface area contributed by atoms with Crippen LogP contribution in [0.3, 0.4) is 0 Å². The molecule has 5 aromatic rings. The van der Waals surface area contributed by atoms with E-state index in [4.69, 9.17) is 0 Å². The summed E-state index contributed by atoms with van der Waals surface area (Å²) in [6.07, 6.45) is -1.72. The maximum Gasteiger partial charge on any atom is 0.573 e. The molecule has 9 nitrogen and oxygen atoms in total. The first-order valence-electron chi connectivity index (χ1n) is 10.9. The number of benzene rings is 3. The zero-order chi connectivity index (χ0) is 25.8. The number of nitrogens with one attached hydrogen (secondary N) is 2. The number of nitrogens with zero attached hydrogens (tertiary/aromatic N) is 5. The van der Waals surface area contributed by atoms with Crippen LogP contribution < -0.4 is 15.4 Å². The second-order valence-electron chi connectivity index (χ2n) is 7.67. The van der Waals surface area contributed by atoms with Crippen molar-refractivity contribution < 1.29 is 22.7 Å². The standard InChI is InChI=1S/C25H18F3N7O2/c26-25(27,28)37-21-12-10-19(11-13-21)34-16-29-23(33-34)17-6-8-18(9-7-17)31-24(36)32-22-14-15-30-35(22)20-4-2-1-3-5-20/h1-16H,(H2,31,32,36). The number of hydrogen-bond donors (Lipinski definition) is 2. The topological polar surface area (TPSA) is 98.9 Å². The quantitative estimate of drug-likeness (QED) is 0.310. The minimum Gasteiger partial charge on any atom is -0.406 e. The van der Waals surface area contributed by atoms with E-state index in [9.17, 15) is 18.0 Å². The summed E-state index contributed by atoms with van der Waals surface area (Å²) in [6.45, 7) is 0. The van der Waals surface area contributed by atoms with Crippen LogP contribution in [0.2, 0.25) is 0 Å². The molecule has 0 aliphatic carbocycles. The molecule has 2 aromatic heterocycles. The molecule has 0 atom stereocenters. The highest BCUT2D eigenvalue weighted by Crippen LogP contribution is 2.24. The average molecular weight is 505 g/mol. The van der Waals surface area contributed by atoms with E-state index >= 15 is 0 Å². The highest BCUT2D eigenvalue weighted by Gasteiger charge is 2.31. The second-order valence-corrected chi connectivity index (χ2v) is 7.67. The molecule has 3 aromatic carbocycles. The van der Waals surface area contributed by atoms with Crippen molar-refractivity contribution in [2.24, 2.45) is 0 Å². The molecule has 2 N–H and O–H groups in total. The maximum atomic E-state index is 12.5. The number of hydrogen-bond acceptors (Lipinski definition) is 5. The Hall–Kier alpha value is -5.13. The van der Waals surface area contributed by atoms with Crippen molar-refractivity contribution in [2.45, 2.75) is 6.36 Å². The zero-order valence-corrected chi connectivity index (χ0v) is 18.9. The monoisotopic (exact) mass is 505 g/mol.